The van der Waals surface area contributed by atoms with Gasteiger partial charge in [0.05, 0.1) is 0 Å². The van der Waals surface area contributed by atoms with Gasteiger partial charge < -0.3 is 10.4 Å². The van der Waals surface area contributed by atoms with E-state index in [2.05, 4.69) is 16.4 Å². The van der Waals surface area contributed by atoms with Gasteiger partial charge in [0.25, 0.3) is 0 Å². The third-order valence-corrected chi connectivity index (χ3v) is 2.95. The van der Waals surface area contributed by atoms with Crippen LogP contribution in [-0.4, -0.2) is 29.8 Å². The summed E-state index contributed by atoms with van der Waals surface area (Å²) < 4.78 is 0. The second-order valence-corrected chi connectivity index (χ2v) is 3.83. The number of hydrogen-bond acceptors (Lipinski definition) is 3. The van der Waals surface area contributed by atoms with Gasteiger partial charge in [0, 0.05) is 31.5 Å². The minimum absolute atomic E-state index is 0.257. The molecule has 0 aliphatic carbocycles. The largest absolute Gasteiger partial charge is 0.396 e. The van der Waals surface area contributed by atoms with Crippen molar-refractivity contribution in [3.8, 4) is 0 Å². The summed E-state index contributed by atoms with van der Waals surface area (Å²) in [4.78, 5) is 4.13. The first kappa shape index (κ1) is 9.62. The van der Waals surface area contributed by atoms with Crippen LogP contribution >= 0.6 is 0 Å². The van der Waals surface area contributed by atoms with Crippen molar-refractivity contribution in [3.63, 3.8) is 0 Å². The molecule has 1 aromatic rings. The third-order valence-electron chi connectivity index (χ3n) is 2.95. The maximum atomic E-state index is 9.26. The number of pyridine rings is 1. The van der Waals surface area contributed by atoms with Crippen LogP contribution in [0.15, 0.2) is 24.5 Å². The average Bonchev–Trinajstić information content (AvgIpc) is 2.30. The van der Waals surface area contributed by atoms with Crippen molar-refractivity contribution in [2.45, 2.75) is 12.3 Å². The lowest BCUT2D eigenvalue weighted by atomic mass is 9.82. The number of nitrogens with one attached hydrogen (secondary N) is 1. The lowest BCUT2D eigenvalue weighted by Gasteiger charge is -2.30. The Labute approximate surface area is 84.2 Å². The quantitative estimate of drug-likeness (QED) is 0.727. The topological polar surface area (TPSA) is 45.1 Å². The minimum atomic E-state index is 0.257. The maximum absolute atomic E-state index is 9.26. The number of aliphatic hydroxyl groups is 1. The van der Waals surface area contributed by atoms with Crippen molar-refractivity contribution in [1.29, 1.82) is 0 Å². The van der Waals surface area contributed by atoms with E-state index in [4.69, 9.17) is 0 Å². The van der Waals surface area contributed by atoms with Crippen LogP contribution in [0.1, 0.15) is 17.9 Å². The van der Waals surface area contributed by atoms with Gasteiger partial charge in [-0.15, -0.1) is 0 Å². The van der Waals surface area contributed by atoms with Crippen LogP contribution in [0.4, 0.5) is 0 Å². The van der Waals surface area contributed by atoms with Gasteiger partial charge in [-0.2, -0.15) is 0 Å². The van der Waals surface area contributed by atoms with Crippen molar-refractivity contribution in [2.75, 3.05) is 19.7 Å². The predicted octanol–water partition coefficient (Wildman–Crippen LogP) is 0.767. The molecule has 2 N–H and O–H groups in total. The zero-order chi connectivity index (χ0) is 9.80. The van der Waals surface area contributed by atoms with E-state index in [0.29, 0.717) is 11.8 Å². The molecule has 2 heterocycles. The van der Waals surface area contributed by atoms with Crippen LogP contribution < -0.4 is 5.32 Å². The molecule has 1 fully saturated rings. The molecular weight excluding hydrogens is 176 g/mol. The number of rotatable bonds is 2. The van der Waals surface area contributed by atoms with Gasteiger partial charge in [-0.1, -0.05) is 6.07 Å². The summed E-state index contributed by atoms with van der Waals surface area (Å²) in [6.07, 6.45) is 4.80. The molecule has 0 spiro atoms. The average molecular weight is 192 g/mol. The van der Waals surface area contributed by atoms with Crippen molar-refractivity contribution >= 4 is 0 Å². The summed E-state index contributed by atoms with van der Waals surface area (Å²) in [6, 6.07) is 4.07. The second-order valence-electron chi connectivity index (χ2n) is 3.83. The highest BCUT2D eigenvalue weighted by Crippen LogP contribution is 2.29. The zero-order valence-electron chi connectivity index (χ0n) is 8.19. The van der Waals surface area contributed by atoms with E-state index in [9.17, 15) is 5.11 Å². The van der Waals surface area contributed by atoms with E-state index in [1.807, 2.05) is 12.3 Å². The summed E-state index contributed by atoms with van der Waals surface area (Å²) in [5, 5.41) is 12.6. The highest BCUT2D eigenvalue weighted by Gasteiger charge is 2.25. The van der Waals surface area contributed by atoms with Crippen LogP contribution in [0.3, 0.4) is 0 Å². The molecule has 0 saturated carbocycles. The number of hydrogen-bond donors (Lipinski definition) is 2. The predicted molar refractivity (Wildman–Crippen MR) is 55.0 cm³/mol. The fourth-order valence-corrected chi connectivity index (χ4v) is 2.15. The second kappa shape index (κ2) is 4.53. The van der Waals surface area contributed by atoms with Crippen molar-refractivity contribution in [1.82, 2.24) is 10.3 Å². The van der Waals surface area contributed by atoms with Crippen molar-refractivity contribution < 1.29 is 5.11 Å². The molecule has 3 heteroatoms. The third kappa shape index (κ3) is 1.94. The van der Waals surface area contributed by atoms with E-state index in [1.54, 1.807) is 6.20 Å². The van der Waals surface area contributed by atoms with E-state index >= 15 is 0 Å². The molecule has 1 aliphatic rings. The first-order valence-electron chi connectivity index (χ1n) is 5.13. The van der Waals surface area contributed by atoms with Gasteiger partial charge in [-0.25, -0.2) is 0 Å². The monoisotopic (exact) mass is 192 g/mol. The standard InChI is InChI=1S/C11H16N2O/c14-8-10-7-13-5-3-11(10)9-2-1-4-12-6-9/h1-2,4,6,10-11,13-14H,3,5,7-8H2. The highest BCUT2D eigenvalue weighted by atomic mass is 16.3. The molecule has 2 rings (SSSR count). The number of nitrogens with zero attached hydrogens (tertiary/aromatic N) is 1. The first-order valence-corrected chi connectivity index (χ1v) is 5.13. The lowest BCUT2D eigenvalue weighted by molar-refractivity contribution is 0.179. The van der Waals surface area contributed by atoms with Gasteiger partial charge in [-0.05, 0) is 30.5 Å². The molecule has 0 amide bonds. The zero-order valence-corrected chi connectivity index (χ0v) is 8.19. The van der Waals surface area contributed by atoms with Crippen LogP contribution in [0.5, 0.6) is 0 Å². The summed E-state index contributed by atoms with van der Waals surface area (Å²) in [5.74, 6) is 0.808. The van der Waals surface area contributed by atoms with Crippen molar-refractivity contribution in [3.05, 3.63) is 30.1 Å². The van der Waals surface area contributed by atoms with Crippen LogP contribution in [0.2, 0.25) is 0 Å². The molecule has 1 aromatic heterocycles. The number of aliphatic hydroxyl groups excluding tert-OH is 1. The normalized spacial score (nSPS) is 27.5. The summed E-state index contributed by atoms with van der Waals surface area (Å²) in [6.45, 7) is 2.21. The van der Waals surface area contributed by atoms with Gasteiger partial charge in [0.2, 0.25) is 0 Å². The van der Waals surface area contributed by atoms with Gasteiger partial charge in [0.15, 0.2) is 0 Å². The minimum Gasteiger partial charge on any atom is -0.396 e. The molecule has 0 bridgehead atoms. The molecular formula is C11H16N2O. The van der Waals surface area contributed by atoms with Crippen LogP contribution in [-0.2, 0) is 0 Å². The summed E-state index contributed by atoms with van der Waals surface area (Å²) in [7, 11) is 0. The first-order chi connectivity index (χ1) is 6.92. The molecule has 76 valence electrons. The lowest BCUT2D eigenvalue weighted by Crippen LogP contribution is -2.37. The Bertz CT molecular complexity index is 276. The van der Waals surface area contributed by atoms with E-state index in [0.717, 1.165) is 19.5 Å². The molecule has 2 atom stereocenters. The molecule has 3 nitrogen and oxygen atoms in total. The Morgan fingerprint density at radius 1 is 1.57 bits per heavy atom. The Morgan fingerprint density at radius 3 is 3.21 bits per heavy atom. The van der Waals surface area contributed by atoms with Crippen molar-refractivity contribution in [2.24, 2.45) is 5.92 Å². The number of piperidine rings is 1. The van der Waals surface area contributed by atoms with Gasteiger partial charge >= 0.3 is 0 Å². The Balaban J connectivity index is 2.15. The summed E-state index contributed by atoms with van der Waals surface area (Å²) in [5.41, 5.74) is 1.26. The van der Waals surface area contributed by atoms with Gasteiger partial charge in [-0.3, -0.25) is 4.98 Å². The van der Waals surface area contributed by atoms with E-state index in [-0.39, 0.29) is 6.61 Å². The van der Waals surface area contributed by atoms with E-state index < -0.39 is 0 Å². The fraction of sp³-hybridized carbons (Fsp3) is 0.545. The van der Waals surface area contributed by atoms with Crippen LogP contribution in [0, 0.1) is 5.92 Å². The molecule has 1 saturated heterocycles. The smallest absolute Gasteiger partial charge is 0.0477 e. The molecule has 0 aromatic carbocycles. The Morgan fingerprint density at radius 2 is 2.50 bits per heavy atom. The molecule has 2 unspecified atom stereocenters. The SMILES string of the molecule is OCC1CNCCC1c1cccnc1. The fourth-order valence-electron chi connectivity index (χ4n) is 2.15. The van der Waals surface area contributed by atoms with Gasteiger partial charge in [0.1, 0.15) is 0 Å². The molecule has 1 aliphatic heterocycles. The highest BCUT2D eigenvalue weighted by molar-refractivity contribution is 5.16. The van der Waals surface area contributed by atoms with Crippen LogP contribution in [0.25, 0.3) is 0 Å². The van der Waals surface area contributed by atoms with E-state index in [1.165, 1.54) is 5.56 Å². The number of aromatic nitrogens is 1. The molecule has 0 radical (unpaired) electrons. The summed E-state index contributed by atoms with van der Waals surface area (Å²) >= 11 is 0. The maximum Gasteiger partial charge on any atom is 0.0477 e. The Kier molecular flexibility index (Phi) is 3.11. The Hall–Kier alpha value is -0.930. The molecule has 14 heavy (non-hydrogen) atoms.